The summed E-state index contributed by atoms with van der Waals surface area (Å²) in [6.45, 7) is 8.95. The van der Waals surface area contributed by atoms with Crippen LogP contribution in [0.3, 0.4) is 0 Å². The molecule has 2 rings (SSSR count). The summed E-state index contributed by atoms with van der Waals surface area (Å²) in [6, 6.07) is 8.03. The van der Waals surface area contributed by atoms with Crippen molar-refractivity contribution in [3.8, 4) is 5.75 Å². The highest BCUT2D eigenvalue weighted by molar-refractivity contribution is 5.56. The van der Waals surface area contributed by atoms with Gasteiger partial charge in [0, 0.05) is 24.8 Å². The Labute approximate surface area is 120 Å². The number of hydrogen-bond acceptors (Lipinski definition) is 3. The van der Waals surface area contributed by atoms with Crippen molar-refractivity contribution in [3.05, 3.63) is 41.2 Å². The average Bonchev–Trinajstić information content (AvgIpc) is 2.62. The Balaban J connectivity index is 2.15. The molecular formula is C16H23N3O. The number of aryl methyl sites for hydroxylation is 2. The number of nitrogens with one attached hydrogen (secondary N) is 1. The van der Waals surface area contributed by atoms with Crippen LogP contribution in [0.4, 0.5) is 5.69 Å². The van der Waals surface area contributed by atoms with E-state index in [-0.39, 0.29) is 6.10 Å². The van der Waals surface area contributed by atoms with Crippen LogP contribution < -0.4 is 10.1 Å². The van der Waals surface area contributed by atoms with Crippen LogP contribution in [0.5, 0.6) is 5.75 Å². The lowest BCUT2D eigenvalue weighted by Crippen LogP contribution is -2.09. The number of ether oxygens (including phenoxy) is 1. The molecule has 4 nitrogen and oxygen atoms in total. The summed E-state index contributed by atoms with van der Waals surface area (Å²) in [6.07, 6.45) is 0.166. The lowest BCUT2D eigenvalue weighted by molar-refractivity contribution is 0.243. The normalized spacial score (nSPS) is 10.9. The molecule has 1 aromatic carbocycles. The van der Waals surface area contributed by atoms with Crippen LogP contribution in [0.1, 0.15) is 30.8 Å². The zero-order chi connectivity index (χ0) is 14.7. The van der Waals surface area contributed by atoms with E-state index in [0.29, 0.717) is 0 Å². The molecule has 20 heavy (non-hydrogen) atoms. The Hall–Kier alpha value is -1.97. The fourth-order valence-electron chi connectivity index (χ4n) is 2.23. The quantitative estimate of drug-likeness (QED) is 0.907. The van der Waals surface area contributed by atoms with Crippen molar-refractivity contribution in [1.82, 2.24) is 9.78 Å². The van der Waals surface area contributed by atoms with Gasteiger partial charge in [-0.1, -0.05) is 12.1 Å². The van der Waals surface area contributed by atoms with Crippen LogP contribution in [0.25, 0.3) is 0 Å². The fraction of sp³-hybridized carbons (Fsp3) is 0.438. The first-order chi connectivity index (χ1) is 9.49. The van der Waals surface area contributed by atoms with E-state index < -0.39 is 0 Å². The predicted octanol–water partition coefficient (Wildman–Crippen LogP) is 3.44. The molecule has 0 atom stereocenters. The number of aromatic nitrogens is 2. The second kappa shape index (κ2) is 5.99. The molecule has 1 N–H and O–H groups in total. The van der Waals surface area contributed by atoms with Gasteiger partial charge in [0.25, 0.3) is 0 Å². The molecule has 0 aliphatic carbocycles. The van der Waals surface area contributed by atoms with Crippen LogP contribution in [0.2, 0.25) is 0 Å². The van der Waals surface area contributed by atoms with Gasteiger partial charge in [-0.3, -0.25) is 4.68 Å². The molecule has 0 unspecified atom stereocenters. The lowest BCUT2D eigenvalue weighted by atomic mass is 10.2. The number of rotatable bonds is 5. The summed E-state index contributed by atoms with van der Waals surface area (Å²) in [5.41, 5.74) is 4.52. The van der Waals surface area contributed by atoms with Crippen molar-refractivity contribution in [2.75, 3.05) is 5.32 Å². The highest BCUT2D eigenvalue weighted by Gasteiger charge is 2.10. The second-order valence-corrected chi connectivity index (χ2v) is 5.29. The van der Waals surface area contributed by atoms with Gasteiger partial charge in [-0.05, 0) is 39.8 Å². The molecule has 0 amide bonds. The number of benzene rings is 1. The van der Waals surface area contributed by atoms with E-state index in [4.69, 9.17) is 4.74 Å². The number of nitrogens with zero attached hydrogens (tertiary/aromatic N) is 2. The number of hydrogen-bond donors (Lipinski definition) is 1. The molecule has 0 fully saturated rings. The zero-order valence-electron chi connectivity index (χ0n) is 12.9. The summed E-state index contributed by atoms with van der Waals surface area (Å²) in [4.78, 5) is 0. The molecule has 2 aromatic rings. The van der Waals surface area contributed by atoms with E-state index in [1.54, 1.807) is 0 Å². The Kier molecular flexibility index (Phi) is 4.32. The Morgan fingerprint density at radius 3 is 2.55 bits per heavy atom. The largest absolute Gasteiger partial charge is 0.489 e. The smallest absolute Gasteiger partial charge is 0.142 e. The molecule has 0 aliphatic heterocycles. The fourth-order valence-corrected chi connectivity index (χ4v) is 2.23. The maximum atomic E-state index is 5.82. The third-order valence-electron chi connectivity index (χ3n) is 3.36. The molecule has 0 aliphatic rings. The van der Waals surface area contributed by atoms with E-state index in [9.17, 15) is 0 Å². The Bertz CT molecular complexity index is 587. The van der Waals surface area contributed by atoms with Gasteiger partial charge in [-0.2, -0.15) is 5.10 Å². The molecule has 0 spiro atoms. The van der Waals surface area contributed by atoms with Gasteiger partial charge in [0.1, 0.15) is 5.75 Å². The summed E-state index contributed by atoms with van der Waals surface area (Å²) >= 11 is 0. The van der Waals surface area contributed by atoms with Crippen LogP contribution in [-0.4, -0.2) is 15.9 Å². The SMILES string of the molecule is Cc1nn(C)c(C)c1CNc1ccccc1OC(C)C. The standard InChI is InChI=1S/C16H23N3O/c1-11(2)20-16-9-7-6-8-15(16)17-10-14-12(3)18-19(5)13(14)4/h6-9,11,17H,10H2,1-5H3. The van der Waals surface area contributed by atoms with Gasteiger partial charge >= 0.3 is 0 Å². The molecule has 0 bridgehead atoms. The second-order valence-electron chi connectivity index (χ2n) is 5.29. The van der Waals surface area contributed by atoms with Gasteiger partial charge < -0.3 is 10.1 Å². The van der Waals surface area contributed by atoms with Crippen molar-refractivity contribution in [2.45, 2.75) is 40.3 Å². The van der Waals surface area contributed by atoms with Crippen LogP contribution in [0, 0.1) is 13.8 Å². The van der Waals surface area contributed by atoms with E-state index in [2.05, 4.69) is 17.3 Å². The highest BCUT2D eigenvalue weighted by atomic mass is 16.5. The average molecular weight is 273 g/mol. The first kappa shape index (κ1) is 14.4. The van der Waals surface area contributed by atoms with Crippen molar-refractivity contribution in [2.24, 2.45) is 7.05 Å². The minimum Gasteiger partial charge on any atom is -0.489 e. The topological polar surface area (TPSA) is 39.1 Å². The minimum absolute atomic E-state index is 0.166. The molecule has 1 aromatic heterocycles. The van der Waals surface area contributed by atoms with E-state index in [1.807, 2.05) is 56.8 Å². The first-order valence-corrected chi connectivity index (χ1v) is 6.97. The third-order valence-corrected chi connectivity index (χ3v) is 3.36. The van der Waals surface area contributed by atoms with Crippen LogP contribution in [0.15, 0.2) is 24.3 Å². The summed E-state index contributed by atoms with van der Waals surface area (Å²) in [7, 11) is 1.97. The summed E-state index contributed by atoms with van der Waals surface area (Å²) < 4.78 is 7.74. The zero-order valence-corrected chi connectivity index (χ0v) is 12.9. The Morgan fingerprint density at radius 1 is 1.25 bits per heavy atom. The molecular weight excluding hydrogens is 250 g/mol. The van der Waals surface area contributed by atoms with Gasteiger partial charge in [-0.15, -0.1) is 0 Å². The molecule has 4 heteroatoms. The van der Waals surface area contributed by atoms with Gasteiger partial charge in [0.2, 0.25) is 0 Å². The van der Waals surface area contributed by atoms with Crippen LogP contribution in [-0.2, 0) is 13.6 Å². The van der Waals surface area contributed by atoms with E-state index in [1.165, 1.54) is 11.3 Å². The summed E-state index contributed by atoms with van der Waals surface area (Å²) in [5.74, 6) is 0.890. The summed E-state index contributed by atoms with van der Waals surface area (Å²) in [5, 5.41) is 7.89. The molecule has 108 valence electrons. The van der Waals surface area contributed by atoms with Gasteiger partial charge in [0.05, 0.1) is 17.5 Å². The van der Waals surface area contributed by atoms with E-state index >= 15 is 0 Å². The van der Waals surface area contributed by atoms with Gasteiger partial charge in [-0.25, -0.2) is 0 Å². The van der Waals surface area contributed by atoms with Gasteiger partial charge in [0.15, 0.2) is 0 Å². The maximum absolute atomic E-state index is 5.82. The van der Waals surface area contributed by atoms with Crippen molar-refractivity contribution >= 4 is 5.69 Å². The monoisotopic (exact) mass is 273 g/mol. The predicted molar refractivity (Wildman–Crippen MR) is 82.2 cm³/mol. The first-order valence-electron chi connectivity index (χ1n) is 6.97. The minimum atomic E-state index is 0.166. The number of anilines is 1. The Morgan fingerprint density at radius 2 is 1.95 bits per heavy atom. The molecule has 1 heterocycles. The number of para-hydroxylation sites is 2. The third kappa shape index (κ3) is 3.13. The van der Waals surface area contributed by atoms with Crippen LogP contribution >= 0.6 is 0 Å². The molecule has 0 saturated heterocycles. The molecule has 0 radical (unpaired) electrons. The van der Waals surface area contributed by atoms with Crippen molar-refractivity contribution in [3.63, 3.8) is 0 Å². The molecule has 0 saturated carbocycles. The maximum Gasteiger partial charge on any atom is 0.142 e. The van der Waals surface area contributed by atoms with E-state index in [0.717, 1.165) is 23.7 Å². The van der Waals surface area contributed by atoms with Crippen molar-refractivity contribution < 1.29 is 4.74 Å². The lowest BCUT2D eigenvalue weighted by Gasteiger charge is -2.15. The van der Waals surface area contributed by atoms with Crippen molar-refractivity contribution in [1.29, 1.82) is 0 Å². The highest BCUT2D eigenvalue weighted by Crippen LogP contribution is 2.26.